The highest BCUT2D eigenvalue weighted by Gasteiger charge is 2.34. The van der Waals surface area contributed by atoms with Crippen LogP contribution >= 0.6 is 0 Å². The van der Waals surface area contributed by atoms with Crippen molar-refractivity contribution in [3.8, 4) is 17.2 Å². The Morgan fingerprint density at radius 2 is 2.26 bits per heavy atom. The summed E-state index contributed by atoms with van der Waals surface area (Å²) in [5.74, 6) is 2.37. The monoisotopic (exact) mass is 320 g/mol. The van der Waals surface area contributed by atoms with Gasteiger partial charge in [-0.3, -0.25) is 4.90 Å². The molecule has 1 atom stereocenters. The second-order valence-electron chi connectivity index (χ2n) is 6.41. The summed E-state index contributed by atoms with van der Waals surface area (Å²) in [6.07, 6.45) is 1.59. The fraction of sp³-hybridized carbons (Fsp3) is 0.588. The quantitative estimate of drug-likeness (QED) is 0.525. The molecular formula is C17H24N2O4. The van der Waals surface area contributed by atoms with E-state index in [0.717, 1.165) is 35.7 Å². The third-order valence-electron chi connectivity index (χ3n) is 4.74. The van der Waals surface area contributed by atoms with Crippen molar-refractivity contribution in [2.45, 2.75) is 32.7 Å². The first-order valence-electron chi connectivity index (χ1n) is 7.97. The second kappa shape index (κ2) is 6.28. The van der Waals surface area contributed by atoms with E-state index in [-0.39, 0.29) is 18.8 Å². The lowest BCUT2D eigenvalue weighted by atomic mass is 9.86. The van der Waals surface area contributed by atoms with Crippen molar-refractivity contribution in [3.05, 3.63) is 17.2 Å². The third-order valence-corrected chi connectivity index (χ3v) is 4.74. The summed E-state index contributed by atoms with van der Waals surface area (Å²) in [6, 6.07) is 2.15. The summed E-state index contributed by atoms with van der Waals surface area (Å²) in [6.45, 7) is 5.24. The Labute approximate surface area is 136 Å². The van der Waals surface area contributed by atoms with Crippen molar-refractivity contribution in [2.24, 2.45) is 11.1 Å². The van der Waals surface area contributed by atoms with E-state index in [1.54, 1.807) is 7.11 Å². The van der Waals surface area contributed by atoms with E-state index in [1.165, 1.54) is 5.56 Å². The number of nitrogens with zero attached hydrogens (tertiary/aromatic N) is 2. The molecule has 0 radical (unpaired) electrons. The SMILES string of the molecule is COc1c2c(cc3c1C(CC(=NO)C(C)C)N(C)CC3)OCO2. The third kappa shape index (κ3) is 2.72. The highest BCUT2D eigenvalue weighted by Crippen LogP contribution is 2.50. The van der Waals surface area contributed by atoms with Crippen LogP contribution in [0.3, 0.4) is 0 Å². The van der Waals surface area contributed by atoms with Crippen LogP contribution in [0.25, 0.3) is 0 Å². The summed E-state index contributed by atoms with van der Waals surface area (Å²) >= 11 is 0. The number of oxime groups is 1. The molecule has 0 aromatic heterocycles. The van der Waals surface area contributed by atoms with Crippen LogP contribution in [0.5, 0.6) is 17.2 Å². The molecule has 2 aliphatic heterocycles. The molecular weight excluding hydrogens is 296 g/mol. The van der Waals surface area contributed by atoms with Gasteiger partial charge in [-0.2, -0.15) is 0 Å². The van der Waals surface area contributed by atoms with Crippen molar-refractivity contribution in [3.63, 3.8) is 0 Å². The molecule has 6 heteroatoms. The molecule has 0 bridgehead atoms. The van der Waals surface area contributed by atoms with Gasteiger partial charge in [0.2, 0.25) is 12.5 Å². The van der Waals surface area contributed by atoms with E-state index in [4.69, 9.17) is 14.2 Å². The number of hydrogen-bond acceptors (Lipinski definition) is 6. The van der Waals surface area contributed by atoms with Gasteiger partial charge in [0.1, 0.15) is 0 Å². The summed E-state index contributed by atoms with van der Waals surface area (Å²) in [7, 11) is 3.75. The standard InChI is InChI=1S/C17H24N2O4/c1-10(2)12(18-20)8-13-15-11(5-6-19(13)3)7-14-16(17(15)21-4)23-9-22-14/h7,10,13,20H,5-6,8-9H2,1-4H3. The Morgan fingerprint density at radius 3 is 2.91 bits per heavy atom. The van der Waals surface area contributed by atoms with Crippen molar-refractivity contribution < 1.29 is 19.4 Å². The van der Waals surface area contributed by atoms with Crippen LogP contribution in [-0.4, -0.2) is 43.3 Å². The minimum Gasteiger partial charge on any atom is -0.492 e. The first-order chi connectivity index (χ1) is 11.1. The lowest BCUT2D eigenvalue weighted by Crippen LogP contribution is -2.34. The van der Waals surface area contributed by atoms with Crippen LogP contribution in [0.1, 0.15) is 37.4 Å². The average molecular weight is 320 g/mol. The molecule has 0 spiro atoms. The molecule has 23 heavy (non-hydrogen) atoms. The van der Waals surface area contributed by atoms with Gasteiger partial charge in [-0.05, 0) is 31.0 Å². The topological polar surface area (TPSA) is 63.5 Å². The van der Waals surface area contributed by atoms with Crippen molar-refractivity contribution in [2.75, 3.05) is 27.5 Å². The first kappa shape index (κ1) is 15.9. The zero-order valence-electron chi connectivity index (χ0n) is 14.1. The highest BCUT2D eigenvalue weighted by molar-refractivity contribution is 5.86. The predicted octanol–water partition coefficient (Wildman–Crippen LogP) is 2.83. The van der Waals surface area contributed by atoms with Crippen LogP contribution in [0.2, 0.25) is 0 Å². The molecule has 0 amide bonds. The maximum Gasteiger partial charge on any atom is 0.231 e. The van der Waals surface area contributed by atoms with Gasteiger partial charge < -0.3 is 19.4 Å². The molecule has 3 rings (SSSR count). The van der Waals surface area contributed by atoms with Gasteiger partial charge in [0.15, 0.2) is 11.5 Å². The van der Waals surface area contributed by atoms with Gasteiger partial charge in [-0.25, -0.2) is 0 Å². The fourth-order valence-corrected chi connectivity index (χ4v) is 3.37. The largest absolute Gasteiger partial charge is 0.492 e. The summed E-state index contributed by atoms with van der Waals surface area (Å²) in [5.41, 5.74) is 3.12. The van der Waals surface area contributed by atoms with Crippen LogP contribution in [-0.2, 0) is 6.42 Å². The number of benzene rings is 1. The zero-order chi connectivity index (χ0) is 16.6. The number of likely N-dealkylation sites (N-methyl/N-ethyl adjacent to an activating group) is 1. The Balaban J connectivity index is 2.07. The Kier molecular flexibility index (Phi) is 4.35. The lowest BCUT2D eigenvalue weighted by molar-refractivity contribution is 0.170. The van der Waals surface area contributed by atoms with Crippen molar-refractivity contribution in [1.29, 1.82) is 0 Å². The van der Waals surface area contributed by atoms with E-state index in [1.807, 2.05) is 13.8 Å². The normalized spacial score (nSPS) is 20.7. The first-order valence-corrected chi connectivity index (χ1v) is 7.97. The minimum absolute atomic E-state index is 0.0940. The Hall–Kier alpha value is -1.95. The predicted molar refractivity (Wildman–Crippen MR) is 86.9 cm³/mol. The van der Waals surface area contributed by atoms with E-state index < -0.39 is 0 Å². The molecule has 2 heterocycles. The van der Waals surface area contributed by atoms with Gasteiger partial charge in [0.25, 0.3) is 0 Å². The van der Waals surface area contributed by atoms with E-state index in [0.29, 0.717) is 12.2 Å². The minimum atomic E-state index is 0.0940. The smallest absolute Gasteiger partial charge is 0.231 e. The lowest BCUT2D eigenvalue weighted by Gasteiger charge is -2.36. The fourth-order valence-electron chi connectivity index (χ4n) is 3.37. The maximum atomic E-state index is 9.34. The van der Waals surface area contributed by atoms with Crippen LogP contribution in [0.4, 0.5) is 0 Å². The van der Waals surface area contributed by atoms with Crippen molar-refractivity contribution in [1.82, 2.24) is 4.90 Å². The molecule has 0 fully saturated rings. The van der Waals surface area contributed by atoms with Gasteiger partial charge in [0.05, 0.1) is 12.8 Å². The van der Waals surface area contributed by atoms with Gasteiger partial charge in [-0.1, -0.05) is 19.0 Å². The molecule has 1 N–H and O–H groups in total. The Bertz CT molecular complexity index is 628. The molecule has 0 saturated heterocycles. The molecule has 1 aromatic rings. The molecule has 1 aromatic carbocycles. The molecule has 6 nitrogen and oxygen atoms in total. The summed E-state index contributed by atoms with van der Waals surface area (Å²) in [5, 5.41) is 12.8. The van der Waals surface area contributed by atoms with E-state index in [9.17, 15) is 5.21 Å². The average Bonchev–Trinajstić information content (AvgIpc) is 2.99. The van der Waals surface area contributed by atoms with Gasteiger partial charge in [-0.15, -0.1) is 0 Å². The van der Waals surface area contributed by atoms with Gasteiger partial charge in [0, 0.05) is 24.6 Å². The number of methoxy groups -OCH3 is 1. The number of rotatable bonds is 4. The molecule has 0 saturated carbocycles. The van der Waals surface area contributed by atoms with E-state index >= 15 is 0 Å². The molecule has 0 aliphatic carbocycles. The van der Waals surface area contributed by atoms with Crippen molar-refractivity contribution >= 4 is 5.71 Å². The highest BCUT2D eigenvalue weighted by atomic mass is 16.7. The Morgan fingerprint density at radius 1 is 1.48 bits per heavy atom. The van der Waals surface area contributed by atoms with Crippen LogP contribution in [0.15, 0.2) is 11.2 Å². The van der Waals surface area contributed by atoms with Crippen LogP contribution in [0, 0.1) is 5.92 Å². The molecule has 126 valence electrons. The van der Waals surface area contributed by atoms with E-state index in [2.05, 4.69) is 23.2 Å². The number of hydrogen-bond donors (Lipinski definition) is 1. The summed E-state index contributed by atoms with van der Waals surface area (Å²) < 4.78 is 16.8. The maximum absolute atomic E-state index is 9.34. The molecule has 1 unspecified atom stereocenters. The zero-order valence-corrected chi connectivity index (χ0v) is 14.1. The molecule has 2 aliphatic rings. The summed E-state index contributed by atoms with van der Waals surface area (Å²) in [4.78, 5) is 2.28. The van der Waals surface area contributed by atoms with Crippen LogP contribution < -0.4 is 14.2 Å². The number of ether oxygens (including phenoxy) is 3. The second-order valence-corrected chi connectivity index (χ2v) is 6.41. The van der Waals surface area contributed by atoms with Gasteiger partial charge >= 0.3 is 0 Å². The number of fused-ring (bicyclic) bond motifs is 2.